The highest BCUT2D eigenvalue weighted by Crippen LogP contribution is 2.57. The van der Waals surface area contributed by atoms with Crippen LogP contribution in [0, 0.1) is 11.7 Å². The van der Waals surface area contributed by atoms with Gasteiger partial charge in [0.1, 0.15) is 17.2 Å². The van der Waals surface area contributed by atoms with Gasteiger partial charge in [-0.25, -0.2) is 9.18 Å². The van der Waals surface area contributed by atoms with Crippen LogP contribution in [0.25, 0.3) is 33.4 Å². The molecule has 3 aliphatic rings. The summed E-state index contributed by atoms with van der Waals surface area (Å²) in [7, 11) is 0.215. The van der Waals surface area contributed by atoms with Crippen molar-refractivity contribution >= 4 is 37.0 Å². The minimum absolute atomic E-state index is 0.0485. The standard InChI is InChI=1S/C36H40FN3O5Si/c1-38-34(42)31-29-18-28(24-6-5-7-26(16-24)33(41)40-36-19-22(20-36)21-36)25(12-13-39-35(43)44-14-15-46(2,3)4)17-30(29)45-32(31)23-8-10-27(37)11-9-23/h5-11,16-18,22H,12-15,19-21H2,1-4H3,(H,38,42)(H,39,43)(H,40,41). The Morgan fingerprint density at radius 2 is 1.72 bits per heavy atom. The molecule has 1 heterocycles. The van der Waals surface area contributed by atoms with Crippen LogP contribution in [-0.4, -0.2) is 51.7 Å². The molecule has 10 heteroatoms. The minimum atomic E-state index is -1.33. The zero-order valence-electron chi connectivity index (χ0n) is 26.7. The van der Waals surface area contributed by atoms with Crippen LogP contribution in [0.15, 0.2) is 65.1 Å². The van der Waals surface area contributed by atoms with Gasteiger partial charge in [-0.05, 0) is 103 Å². The van der Waals surface area contributed by atoms with Crippen LogP contribution in [0.1, 0.15) is 45.5 Å². The number of furan rings is 1. The number of carbonyl (C=O) groups excluding carboxylic acids is 3. The van der Waals surface area contributed by atoms with E-state index >= 15 is 0 Å². The van der Waals surface area contributed by atoms with Crippen molar-refractivity contribution in [2.75, 3.05) is 20.2 Å². The smallest absolute Gasteiger partial charge is 0.407 e. The third-order valence-corrected chi connectivity index (χ3v) is 10.8. The Bertz CT molecular complexity index is 1790. The molecular formula is C36H40FN3O5Si. The van der Waals surface area contributed by atoms with Crippen molar-refractivity contribution in [3.8, 4) is 22.5 Å². The Labute approximate surface area is 269 Å². The second kappa shape index (κ2) is 12.4. The highest BCUT2D eigenvalue weighted by molar-refractivity contribution is 6.76. The molecule has 0 saturated heterocycles. The first-order valence-electron chi connectivity index (χ1n) is 15.8. The topological polar surface area (TPSA) is 110 Å². The zero-order chi connectivity index (χ0) is 32.6. The number of hydrogen-bond acceptors (Lipinski definition) is 5. The highest BCUT2D eigenvalue weighted by atomic mass is 28.3. The molecule has 0 spiro atoms. The van der Waals surface area contributed by atoms with Crippen LogP contribution in [0.2, 0.25) is 25.7 Å². The molecule has 1 aromatic heterocycles. The van der Waals surface area contributed by atoms with Crippen LogP contribution in [-0.2, 0) is 11.2 Å². The fourth-order valence-corrected chi connectivity index (χ4v) is 7.10. The number of fused-ring (bicyclic) bond motifs is 1. The molecule has 3 saturated carbocycles. The summed E-state index contributed by atoms with van der Waals surface area (Å²) in [6.45, 7) is 7.38. The van der Waals surface area contributed by atoms with E-state index in [1.165, 1.54) is 12.1 Å². The molecule has 0 radical (unpaired) electrons. The largest absolute Gasteiger partial charge is 0.455 e. The van der Waals surface area contributed by atoms with Crippen molar-refractivity contribution < 1.29 is 27.9 Å². The molecule has 0 atom stereocenters. The number of hydrogen-bond donors (Lipinski definition) is 3. The number of rotatable bonds is 11. The summed E-state index contributed by atoms with van der Waals surface area (Å²) in [5, 5.41) is 9.37. The first-order valence-corrected chi connectivity index (χ1v) is 19.6. The van der Waals surface area contributed by atoms with Gasteiger partial charge in [-0.2, -0.15) is 0 Å². The summed E-state index contributed by atoms with van der Waals surface area (Å²) in [6.07, 6.45) is 3.12. The van der Waals surface area contributed by atoms with E-state index in [-0.39, 0.29) is 17.4 Å². The average Bonchev–Trinajstić information content (AvgIpc) is 3.35. The maximum Gasteiger partial charge on any atom is 0.407 e. The molecule has 0 aliphatic heterocycles. The first kappa shape index (κ1) is 31.5. The van der Waals surface area contributed by atoms with Crippen molar-refractivity contribution in [3.63, 3.8) is 0 Å². The number of carbonyl (C=O) groups is 3. The normalized spacial score (nSPS) is 18.3. The van der Waals surface area contributed by atoms with E-state index in [2.05, 4.69) is 35.6 Å². The molecular weight excluding hydrogens is 601 g/mol. The molecule has 240 valence electrons. The molecule has 2 bridgehead atoms. The van der Waals surface area contributed by atoms with Gasteiger partial charge in [-0.15, -0.1) is 0 Å². The third-order valence-electron chi connectivity index (χ3n) is 9.08. The molecule has 3 fully saturated rings. The number of benzene rings is 3. The second-order valence-electron chi connectivity index (χ2n) is 13.8. The Morgan fingerprint density at radius 1 is 0.978 bits per heavy atom. The molecule has 0 unspecified atom stereocenters. The average molecular weight is 642 g/mol. The molecule has 4 aromatic rings. The quantitative estimate of drug-likeness (QED) is 0.151. The van der Waals surface area contributed by atoms with Crippen LogP contribution in [0.4, 0.5) is 9.18 Å². The van der Waals surface area contributed by atoms with Gasteiger partial charge in [-0.1, -0.05) is 31.8 Å². The van der Waals surface area contributed by atoms with Crippen LogP contribution < -0.4 is 16.0 Å². The molecule has 3 aromatic carbocycles. The second-order valence-corrected chi connectivity index (χ2v) is 19.4. The van der Waals surface area contributed by atoms with E-state index in [9.17, 15) is 18.8 Å². The van der Waals surface area contributed by atoms with Crippen molar-refractivity contribution in [1.29, 1.82) is 0 Å². The number of ether oxygens (including phenoxy) is 1. The summed E-state index contributed by atoms with van der Waals surface area (Å²) in [5.74, 6) is 0.240. The van der Waals surface area contributed by atoms with E-state index in [1.807, 2.05) is 30.3 Å². The van der Waals surface area contributed by atoms with Gasteiger partial charge in [0, 0.05) is 43.7 Å². The Hall–Kier alpha value is -4.44. The zero-order valence-corrected chi connectivity index (χ0v) is 27.7. The fraction of sp³-hybridized carbons (Fsp3) is 0.361. The van der Waals surface area contributed by atoms with Gasteiger partial charge < -0.3 is 25.1 Å². The van der Waals surface area contributed by atoms with Crippen LogP contribution in [0.5, 0.6) is 0 Å². The summed E-state index contributed by atoms with van der Waals surface area (Å²) >= 11 is 0. The number of alkyl carbamates (subject to hydrolysis) is 1. The van der Waals surface area contributed by atoms with Crippen LogP contribution >= 0.6 is 0 Å². The lowest BCUT2D eigenvalue weighted by atomic mass is 9.50. The summed E-state index contributed by atoms with van der Waals surface area (Å²) in [4.78, 5) is 38.9. The lowest BCUT2D eigenvalue weighted by molar-refractivity contribution is -0.0438. The van der Waals surface area contributed by atoms with E-state index in [1.54, 1.807) is 25.2 Å². The first-order chi connectivity index (χ1) is 21.9. The Morgan fingerprint density at radius 3 is 2.37 bits per heavy atom. The number of halogens is 1. The van der Waals surface area contributed by atoms with E-state index < -0.39 is 20.0 Å². The van der Waals surface area contributed by atoms with Crippen molar-refractivity contribution in [1.82, 2.24) is 16.0 Å². The van der Waals surface area contributed by atoms with Gasteiger partial charge >= 0.3 is 6.09 Å². The van der Waals surface area contributed by atoms with E-state index in [0.29, 0.717) is 53.0 Å². The highest BCUT2D eigenvalue weighted by Gasteiger charge is 2.57. The molecule has 7 rings (SSSR count). The van der Waals surface area contributed by atoms with Gasteiger partial charge in [0.2, 0.25) is 0 Å². The van der Waals surface area contributed by atoms with Crippen molar-refractivity contribution in [2.45, 2.75) is 56.9 Å². The fourth-order valence-electron chi connectivity index (χ4n) is 6.39. The molecule has 46 heavy (non-hydrogen) atoms. The number of amides is 3. The van der Waals surface area contributed by atoms with E-state index in [0.717, 1.165) is 47.9 Å². The third kappa shape index (κ3) is 6.58. The Kier molecular flexibility index (Phi) is 8.50. The van der Waals surface area contributed by atoms with Gasteiger partial charge in [0.25, 0.3) is 11.8 Å². The lowest BCUT2D eigenvalue weighted by Crippen LogP contribution is -2.68. The van der Waals surface area contributed by atoms with E-state index in [4.69, 9.17) is 9.15 Å². The Balaban J connectivity index is 1.35. The summed E-state index contributed by atoms with van der Waals surface area (Å²) < 4.78 is 25.4. The van der Waals surface area contributed by atoms with Crippen molar-refractivity contribution in [3.05, 3.63) is 83.2 Å². The molecule has 3 amide bonds. The van der Waals surface area contributed by atoms with Crippen molar-refractivity contribution in [2.24, 2.45) is 5.92 Å². The van der Waals surface area contributed by atoms with Gasteiger partial charge in [0.05, 0.1) is 12.2 Å². The van der Waals surface area contributed by atoms with Crippen LogP contribution in [0.3, 0.4) is 0 Å². The lowest BCUT2D eigenvalue weighted by Gasteiger charge is -2.61. The summed E-state index contributed by atoms with van der Waals surface area (Å²) in [6, 6.07) is 17.9. The summed E-state index contributed by atoms with van der Waals surface area (Å²) in [5.41, 5.74) is 4.34. The maximum atomic E-state index is 13.8. The maximum absolute atomic E-state index is 13.8. The van der Waals surface area contributed by atoms with Gasteiger partial charge in [0.15, 0.2) is 0 Å². The van der Waals surface area contributed by atoms with Gasteiger partial charge in [-0.3, -0.25) is 9.59 Å². The monoisotopic (exact) mass is 641 g/mol. The molecule has 8 nitrogen and oxygen atoms in total. The molecule has 3 aliphatic carbocycles. The minimum Gasteiger partial charge on any atom is -0.455 e. The predicted octanol–water partition coefficient (Wildman–Crippen LogP) is 7.15. The SMILES string of the molecule is CNC(=O)c1c(-c2ccc(F)cc2)oc2cc(CCNC(=O)OCC[Si](C)(C)C)c(-c3cccc(C(=O)NC45CC(C4)C5)c3)cc12. The number of nitrogens with one attached hydrogen (secondary N) is 3. The predicted molar refractivity (Wildman–Crippen MR) is 179 cm³/mol. The molecule has 3 N–H and O–H groups in total.